The maximum Gasteiger partial charge on any atom is 0.185 e. The Morgan fingerprint density at radius 3 is 2.71 bits per heavy atom. The minimum atomic E-state index is -1.09. The Morgan fingerprint density at radius 2 is 2.07 bits per heavy atom. The van der Waals surface area contributed by atoms with Crippen molar-refractivity contribution in [3.8, 4) is 0 Å². The summed E-state index contributed by atoms with van der Waals surface area (Å²) in [7, 11) is 0. The fraction of sp³-hybridized carbons (Fsp3) is 0.375. The van der Waals surface area contributed by atoms with E-state index in [1.54, 1.807) is 26.0 Å². The van der Waals surface area contributed by atoms with Crippen molar-refractivity contribution in [2.24, 2.45) is 0 Å². The quantitative estimate of drug-likeness (QED) is 0.766. The van der Waals surface area contributed by atoms with Gasteiger partial charge in [-0.05, 0) is 26.0 Å². The minimum absolute atomic E-state index is 0.336. The highest BCUT2D eigenvalue weighted by atomic mass is 35.5. The number of aromatic nitrogens is 4. The van der Waals surface area contributed by atoms with E-state index in [0.717, 1.165) is 0 Å². The summed E-state index contributed by atoms with van der Waals surface area (Å²) in [5, 5.41) is 21.8. The van der Waals surface area contributed by atoms with Crippen LogP contribution >= 0.6 is 11.6 Å². The van der Waals surface area contributed by atoms with Crippen LogP contribution in [0, 0.1) is 0 Å². The molecule has 0 amide bonds. The number of fused-ring (bicyclic) bond motifs is 1. The highest BCUT2D eigenvalue weighted by molar-refractivity contribution is 6.29. The van der Waals surface area contributed by atoms with Crippen molar-refractivity contribution < 1.29 is 5.11 Å². The molecule has 6 heteroatoms. The molecule has 0 aromatic carbocycles. The second kappa shape index (κ2) is 2.90. The Balaban J connectivity index is 2.73. The van der Waals surface area contributed by atoms with Crippen molar-refractivity contribution in [1.29, 1.82) is 0 Å². The summed E-state index contributed by atoms with van der Waals surface area (Å²) in [6, 6.07) is 3.32. The van der Waals surface area contributed by atoms with Gasteiger partial charge in [0.25, 0.3) is 0 Å². The number of hydrogen-bond donors (Lipinski definition) is 1. The number of hydrogen-bond acceptors (Lipinski definition) is 4. The third-order valence-electron chi connectivity index (χ3n) is 1.78. The van der Waals surface area contributed by atoms with Crippen LogP contribution in [0.4, 0.5) is 0 Å². The predicted octanol–water partition coefficient (Wildman–Crippen LogP) is 1.01. The van der Waals surface area contributed by atoms with Gasteiger partial charge in [-0.3, -0.25) is 0 Å². The molecule has 0 saturated heterocycles. The van der Waals surface area contributed by atoms with E-state index in [2.05, 4.69) is 15.3 Å². The largest absolute Gasteiger partial charge is 0.382 e. The molecule has 2 aromatic heterocycles. The molecule has 0 aliphatic rings. The first-order valence-electron chi connectivity index (χ1n) is 4.09. The molecule has 14 heavy (non-hydrogen) atoms. The van der Waals surface area contributed by atoms with Crippen LogP contribution in [-0.4, -0.2) is 24.9 Å². The van der Waals surface area contributed by atoms with Gasteiger partial charge in [0.2, 0.25) is 0 Å². The highest BCUT2D eigenvalue weighted by Crippen LogP contribution is 2.18. The van der Waals surface area contributed by atoms with Gasteiger partial charge in [0.05, 0.1) is 0 Å². The molecule has 0 aliphatic heterocycles. The lowest BCUT2D eigenvalue weighted by Gasteiger charge is -2.13. The first kappa shape index (κ1) is 9.36. The Bertz CT molecular complexity index is 474. The SMILES string of the molecule is CC(C)(O)c1nnc2ccc(Cl)nn12. The van der Waals surface area contributed by atoms with Gasteiger partial charge in [0.1, 0.15) is 10.8 Å². The van der Waals surface area contributed by atoms with Crippen molar-refractivity contribution in [2.75, 3.05) is 0 Å². The molecule has 0 radical (unpaired) electrons. The fourth-order valence-corrected chi connectivity index (χ4v) is 1.29. The Labute approximate surface area is 85.3 Å². The number of halogens is 1. The van der Waals surface area contributed by atoms with E-state index >= 15 is 0 Å². The fourth-order valence-electron chi connectivity index (χ4n) is 1.15. The summed E-state index contributed by atoms with van der Waals surface area (Å²) in [4.78, 5) is 0. The standard InChI is InChI=1S/C8H9ClN4O/c1-8(2,14)7-11-10-6-4-3-5(9)12-13(6)7/h3-4,14H,1-2H3. The molecule has 0 aliphatic carbocycles. The van der Waals surface area contributed by atoms with Gasteiger partial charge in [0.15, 0.2) is 11.5 Å². The number of nitrogens with zero attached hydrogens (tertiary/aromatic N) is 4. The lowest BCUT2D eigenvalue weighted by molar-refractivity contribution is 0.0664. The van der Waals surface area contributed by atoms with Gasteiger partial charge < -0.3 is 5.11 Å². The maximum atomic E-state index is 9.76. The van der Waals surface area contributed by atoms with Crippen LogP contribution in [0.5, 0.6) is 0 Å². The maximum absolute atomic E-state index is 9.76. The van der Waals surface area contributed by atoms with Crippen molar-refractivity contribution >= 4 is 17.2 Å². The summed E-state index contributed by atoms with van der Waals surface area (Å²) in [5.74, 6) is 0.370. The molecule has 2 rings (SSSR count). The Morgan fingerprint density at radius 1 is 1.36 bits per heavy atom. The summed E-state index contributed by atoms with van der Waals surface area (Å²) in [6.07, 6.45) is 0. The lowest BCUT2D eigenvalue weighted by Crippen LogP contribution is -2.20. The number of rotatable bonds is 1. The van der Waals surface area contributed by atoms with Crippen LogP contribution in [0.3, 0.4) is 0 Å². The van der Waals surface area contributed by atoms with Crippen LogP contribution in [0.2, 0.25) is 5.15 Å². The van der Waals surface area contributed by atoms with Crippen molar-refractivity contribution in [3.63, 3.8) is 0 Å². The molecular formula is C8H9ClN4O. The van der Waals surface area contributed by atoms with Crippen LogP contribution in [0.25, 0.3) is 5.65 Å². The van der Waals surface area contributed by atoms with Crippen LogP contribution in [0.1, 0.15) is 19.7 Å². The summed E-state index contributed by atoms with van der Waals surface area (Å²) < 4.78 is 1.43. The molecule has 0 atom stereocenters. The van der Waals surface area contributed by atoms with Crippen molar-refractivity contribution in [3.05, 3.63) is 23.1 Å². The van der Waals surface area contributed by atoms with Gasteiger partial charge in [-0.2, -0.15) is 9.61 Å². The van der Waals surface area contributed by atoms with Gasteiger partial charge >= 0.3 is 0 Å². The summed E-state index contributed by atoms with van der Waals surface area (Å²) in [6.45, 7) is 3.23. The third kappa shape index (κ3) is 1.44. The monoisotopic (exact) mass is 212 g/mol. The zero-order valence-corrected chi connectivity index (χ0v) is 8.52. The Kier molecular flexibility index (Phi) is 1.94. The van der Waals surface area contributed by atoms with E-state index < -0.39 is 5.60 Å². The Hall–Kier alpha value is -1.20. The zero-order chi connectivity index (χ0) is 10.3. The molecule has 0 fully saturated rings. The van der Waals surface area contributed by atoms with E-state index in [-0.39, 0.29) is 0 Å². The molecule has 74 valence electrons. The zero-order valence-electron chi connectivity index (χ0n) is 7.77. The van der Waals surface area contributed by atoms with Crippen LogP contribution in [-0.2, 0) is 5.60 Å². The molecule has 0 saturated carbocycles. The van der Waals surface area contributed by atoms with Gasteiger partial charge in [0, 0.05) is 0 Å². The topological polar surface area (TPSA) is 63.3 Å². The van der Waals surface area contributed by atoms with Gasteiger partial charge in [-0.15, -0.1) is 10.2 Å². The molecule has 0 spiro atoms. The average Bonchev–Trinajstić information content (AvgIpc) is 2.45. The lowest BCUT2D eigenvalue weighted by atomic mass is 10.1. The van der Waals surface area contributed by atoms with Crippen LogP contribution < -0.4 is 0 Å². The molecule has 2 aromatic rings. The van der Waals surface area contributed by atoms with E-state index in [4.69, 9.17) is 11.6 Å². The second-order valence-electron chi connectivity index (χ2n) is 3.51. The summed E-state index contributed by atoms with van der Waals surface area (Å²) >= 11 is 5.73. The van der Waals surface area contributed by atoms with Crippen molar-refractivity contribution in [2.45, 2.75) is 19.4 Å². The van der Waals surface area contributed by atoms with E-state index in [9.17, 15) is 5.11 Å². The molecule has 0 unspecified atom stereocenters. The molecular weight excluding hydrogens is 204 g/mol. The molecule has 1 N–H and O–H groups in total. The van der Waals surface area contributed by atoms with E-state index in [1.165, 1.54) is 4.52 Å². The van der Waals surface area contributed by atoms with Crippen molar-refractivity contribution in [1.82, 2.24) is 19.8 Å². The summed E-state index contributed by atoms with van der Waals surface area (Å²) in [5.41, 5.74) is -0.525. The first-order valence-corrected chi connectivity index (χ1v) is 4.47. The molecule has 0 bridgehead atoms. The van der Waals surface area contributed by atoms with Gasteiger partial charge in [-0.1, -0.05) is 11.6 Å². The average molecular weight is 213 g/mol. The van der Waals surface area contributed by atoms with E-state index in [1.807, 2.05) is 0 Å². The normalized spacial score (nSPS) is 12.3. The predicted molar refractivity (Wildman–Crippen MR) is 51.0 cm³/mol. The second-order valence-corrected chi connectivity index (χ2v) is 3.90. The smallest absolute Gasteiger partial charge is 0.185 e. The minimum Gasteiger partial charge on any atom is -0.382 e. The van der Waals surface area contributed by atoms with Gasteiger partial charge in [-0.25, -0.2) is 0 Å². The first-order chi connectivity index (χ1) is 6.48. The highest BCUT2D eigenvalue weighted by Gasteiger charge is 2.23. The van der Waals surface area contributed by atoms with E-state index in [0.29, 0.717) is 16.6 Å². The van der Waals surface area contributed by atoms with Crippen LogP contribution in [0.15, 0.2) is 12.1 Å². The number of aliphatic hydroxyl groups is 1. The molecule has 5 nitrogen and oxygen atoms in total. The molecule has 2 heterocycles. The third-order valence-corrected chi connectivity index (χ3v) is 1.98.